The highest BCUT2D eigenvalue weighted by molar-refractivity contribution is 6.58. The molecule has 1 aliphatic carbocycles. The summed E-state index contributed by atoms with van der Waals surface area (Å²) in [4.78, 5) is 11.9. The van der Waals surface area contributed by atoms with Crippen LogP contribution in [-0.2, 0) is 0 Å². The van der Waals surface area contributed by atoms with Gasteiger partial charge in [0.25, 0.3) is 5.91 Å². The lowest BCUT2D eigenvalue weighted by Crippen LogP contribution is -2.34. The molecule has 1 fully saturated rings. The van der Waals surface area contributed by atoms with Crippen LogP contribution in [0.3, 0.4) is 0 Å². The fraction of sp³-hybridized carbons (Fsp3) is 0.462. The van der Waals surface area contributed by atoms with E-state index in [9.17, 15) is 14.3 Å². The van der Waals surface area contributed by atoms with Crippen molar-refractivity contribution >= 4 is 18.5 Å². The van der Waals surface area contributed by atoms with Crippen molar-refractivity contribution in [1.82, 2.24) is 5.32 Å². The van der Waals surface area contributed by atoms with Crippen molar-refractivity contribution in [2.75, 3.05) is 6.54 Å². The summed E-state index contributed by atoms with van der Waals surface area (Å²) >= 11 is 0. The Labute approximate surface area is 116 Å². The van der Waals surface area contributed by atoms with Crippen molar-refractivity contribution in [3.63, 3.8) is 0 Å². The van der Waals surface area contributed by atoms with Gasteiger partial charge in [-0.2, -0.15) is 0 Å². The van der Waals surface area contributed by atoms with E-state index in [2.05, 4.69) is 5.32 Å². The maximum Gasteiger partial charge on any atom is 0.488 e. The Balaban J connectivity index is 1.99. The van der Waals surface area contributed by atoms with Crippen LogP contribution in [0.5, 0.6) is 0 Å². The topological polar surface area (TPSA) is 89.8 Å². The molecule has 108 valence electrons. The molecule has 20 heavy (non-hydrogen) atoms. The molecule has 2 unspecified atom stereocenters. The Kier molecular flexibility index (Phi) is 4.75. The molecule has 5 nitrogen and oxygen atoms in total. The second kappa shape index (κ2) is 6.34. The van der Waals surface area contributed by atoms with E-state index < -0.39 is 18.8 Å². The SMILES string of the molecule is O=C(NCC1CCC(O)C1)c1cc(B(O)O)ccc1F. The van der Waals surface area contributed by atoms with Gasteiger partial charge in [0, 0.05) is 6.54 Å². The van der Waals surface area contributed by atoms with Crippen LogP contribution in [0.1, 0.15) is 29.6 Å². The number of aliphatic hydroxyl groups is 1. The highest BCUT2D eigenvalue weighted by Crippen LogP contribution is 2.24. The molecule has 1 aromatic rings. The minimum absolute atomic E-state index is 0.0628. The van der Waals surface area contributed by atoms with Crippen molar-refractivity contribution < 1.29 is 24.3 Å². The lowest BCUT2D eigenvalue weighted by molar-refractivity contribution is 0.0941. The minimum Gasteiger partial charge on any atom is -0.423 e. The molecule has 0 spiro atoms. The van der Waals surface area contributed by atoms with Gasteiger partial charge in [-0.3, -0.25) is 4.79 Å². The summed E-state index contributed by atoms with van der Waals surface area (Å²) in [5.41, 5.74) is -0.151. The number of benzene rings is 1. The van der Waals surface area contributed by atoms with E-state index >= 15 is 0 Å². The number of aliphatic hydroxyl groups excluding tert-OH is 1. The number of carbonyl (C=O) groups is 1. The lowest BCUT2D eigenvalue weighted by atomic mass is 9.79. The summed E-state index contributed by atoms with van der Waals surface area (Å²) in [6.07, 6.45) is 1.87. The number of rotatable bonds is 4. The normalized spacial score (nSPS) is 21.8. The van der Waals surface area contributed by atoms with Crippen LogP contribution in [0.4, 0.5) is 4.39 Å². The third-order valence-electron chi connectivity index (χ3n) is 3.60. The first-order valence-corrected chi connectivity index (χ1v) is 6.59. The fourth-order valence-electron chi connectivity index (χ4n) is 2.44. The van der Waals surface area contributed by atoms with Crippen LogP contribution in [0, 0.1) is 11.7 Å². The third kappa shape index (κ3) is 3.56. The van der Waals surface area contributed by atoms with Crippen molar-refractivity contribution in [2.45, 2.75) is 25.4 Å². The third-order valence-corrected chi connectivity index (χ3v) is 3.60. The monoisotopic (exact) mass is 281 g/mol. The van der Waals surface area contributed by atoms with E-state index in [-0.39, 0.29) is 23.0 Å². The first-order valence-electron chi connectivity index (χ1n) is 6.59. The number of hydrogen-bond donors (Lipinski definition) is 4. The van der Waals surface area contributed by atoms with Gasteiger partial charge < -0.3 is 20.5 Å². The van der Waals surface area contributed by atoms with Gasteiger partial charge in [0.1, 0.15) is 5.82 Å². The molecule has 1 amide bonds. The average Bonchev–Trinajstić information content (AvgIpc) is 2.82. The van der Waals surface area contributed by atoms with Crippen LogP contribution >= 0.6 is 0 Å². The maximum atomic E-state index is 13.6. The summed E-state index contributed by atoms with van der Waals surface area (Å²) in [5.74, 6) is -1.10. The van der Waals surface area contributed by atoms with Crippen LogP contribution in [0.25, 0.3) is 0 Å². The van der Waals surface area contributed by atoms with E-state index in [1.807, 2.05) is 0 Å². The van der Waals surface area contributed by atoms with E-state index in [0.717, 1.165) is 25.0 Å². The first-order chi connectivity index (χ1) is 9.47. The molecule has 0 radical (unpaired) electrons. The zero-order valence-electron chi connectivity index (χ0n) is 10.9. The molecular weight excluding hydrogens is 264 g/mol. The Morgan fingerprint density at radius 3 is 2.75 bits per heavy atom. The summed E-state index contributed by atoms with van der Waals surface area (Å²) in [5, 5.41) is 30.1. The van der Waals surface area contributed by atoms with Crippen LogP contribution in [-0.4, -0.2) is 40.8 Å². The summed E-state index contributed by atoms with van der Waals surface area (Å²) in [6, 6.07) is 3.37. The van der Waals surface area contributed by atoms with Gasteiger partial charge in [-0.1, -0.05) is 6.07 Å². The Hall–Kier alpha value is -1.44. The van der Waals surface area contributed by atoms with E-state index in [4.69, 9.17) is 10.0 Å². The van der Waals surface area contributed by atoms with Crippen molar-refractivity contribution in [3.8, 4) is 0 Å². The van der Waals surface area contributed by atoms with E-state index in [1.165, 1.54) is 6.07 Å². The highest BCUT2D eigenvalue weighted by Gasteiger charge is 2.24. The molecule has 0 aromatic heterocycles. The molecule has 0 saturated heterocycles. The largest absolute Gasteiger partial charge is 0.488 e. The number of hydrogen-bond acceptors (Lipinski definition) is 4. The van der Waals surface area contributed by atoms with E-state index in [0.29, 0.717) is 13.0 Å². The predicted octanol–water partition coefficient (Wildman–Crippen LogP) is -0.604. The Bertz CT molecular complexity index is 497. The lowest BCUT2D eigenvalue weighted by Gasteiger charge is -2.12. The van der Waals surface area contributed by atoms with Crippen LogP contribution in [0.2, 0.25) is 0 Å². The van der Waals surface area contributed by atoms with Crippen LogP contribution < -0.4 is 10.8 Å². The fourth-order valence-corrected chi connectivity index (χ4v) is 2.44. The molecule has 4 N–H and O–H groups in total. The van der Waals surface area contributed by atoms with Gasteiger partial charge in [-0.25, -0.2) is 4.39 Å². The van der Waals surface area contributed by atoms with Crippen LogP contribution in [0.15, 0.2) is 18.2 Å². The smallest absolute Gasteiger partial charge is 0.423 e. The Morgan fingerprint density at radius 2 is 2.15 bits per heavy atom. The van der Waals surface area contributed by atoms with Gasteiger partial charge >= 0.3 is 7.12 Å². The summed E-state index contributed by atoms with van der Waals surface area (Å²) < 4.78 is 13.6. The van der Waals surface area contributed by atoms with E-state index in [1.54, 1.807) is 0 Å². The number of amides is 1. The van der Waals surface area contributed by atoms with Gasteiger partial charge in [0.15, 0.2) is 0 Å². The molecular formula is C13H17BFNO4. The second-order valence-corrected chi connectivity index (χ2v) is 5.16. The molecule has 1 saturated carbocycles. The number of carbonyl (C=O) groups excluding carboxylic acids is 1. The number of halogens is 1. The molecule has 0 aliphatic heterocycles. The zero-order chi connectivity index (χ0) is 14.7. The molecule has 0 heterocycles. The Morgan fingerprint density at radius 1 is 1.40 bits per heavy atom. The molecule has 2 atom stereocenters. The molecule has 7 heteroatoms. The average molecular weight is 281 g/mol. The standard InChI is InChI=1S/C13H17BFNO4/c15-12-4-2-9(14(19)20)6-11(12)13(18)16-7-8-1-3-10(17)5-8/h2,4,6,8,10,17,19-20H,1,3,5,7H2,(H,16,18). The highest BCUT2D eigenvalue weighted by atomic mass is 19.1. The summed E-state index contributed by atoms with van der Waals surface area (Å²) in [7, 11) is -1.74. The van der Waals surface area contributed by atoms with Crippen molar-refractivity contribution in [1.29, 1.82) is 0 Å². The summed E-state index contributed by atoms with van der Waals surface area (Å²) in [6.45, 7) is 0.376. The maximum absolute atomic E-state index is 13.6. The minimum atomic E-state index is -1.74. The van der Waals surface area contributed by atoms with Gasteiger partial charge in [-0.15, -0.1) is 0 Å². The van der Waals surface area contributed by atoms with Gasteiger partial charge in [-0.05, 0) is 42.8 Å². The quantitative estimate of drug-likeness (QED) is 0.555. The molecule has 1 aliphatic rings. The number of nitrogens with one attached hydrogen (secondary N) is 1. The molecule has 1 aromatic carbocycles. The van der Waals surface area contributed by atoms with Crippen molar-refractivity contribution in [2.24, 2.45) is 5.92 Å². The first kappa shape index (κ1) is 15.0. The predicted molar refractivity (Wildman–Crippen MR) is 71.9 cm³/mol. The zero-order valence-corrected chi connectivity index (χ0v) is 10.9. The van der Waals surface area contributed by atoms with Gasteiger partial charge in [0.05, 0.1) is 11.7 Å². The molecule has 2 rings (SSSR count). The van der Waals surface area contributed by atoms with Gasteiger partial charge in [0.2, 0.25) is 0 Å². The second-order valence-electron chi connectivity index (χ2n) is 5.16. The molecule has 0 bridgehead atoms. The van der Waals surface area contributed by atoms with Crippen molar-refractivity contribution in [3.05, 3.63) is 29.6 Å².